The lowest BCUT2D eigenvalue weighted by molar-refractivity contribution is 0.0601. The number of thiophene rings is 1. The molecule has 27 heavy (non-hydrogen) atoms. The van der Waals surface area contributed by atoms with E-state index < -0.39 is 0 Å². The number of carbonyl (C=O) groups is 1. The van der Waals surface area contributed by atoms with Crippen LogP contribution in [0.15, 0.2) is 18.5 Å². The fourth-order valence-electron chi connectivity index (χ4n) is 3.24. The number of methoxy groups -OCH3 is 1. The standard InChI is InChI=1S/C19H26N4O2S2/c1-19(2,3)14(11-23-10-6-9-20-23)21-18(26)22-16-15(17(24)25-4)12-7-5-8-13(12)27-16/h6,9-10,14H,5,7-8,11H2,1-4H3,(H2,21,22,26). The number of nitrogens with one attached hydrogen (secondary N) is 2. The average molecular weight is 407 g/mol. The quantitative estimate of drug-likeness (QED) is 0.584. The molecule has 6 nitrogen and oxygen atoms in total. The molecule has 146 valence electrons. The summed E-state index contributed by atoms with van der Waals surface area (Å²) in [5, 5.41) is 12.2. The molecule has 1 unspecified atom stereocenters. The number of hydrogen-bond acceptors (Lipinski definition) is 5. The summed E-state index contributed by atoms with van der Waals surface area (Å²) in [6, 6.07) is 1.98. The van der Waals surface area contributed by atoms with Crippen molar-refractivity contribution in [3.63, 3.8) is 0 Å². The van der Waals surface area contributed by atoms with Crippen molar-refractivity contribution in [2.24, 2.45) is 5.41 Å². The minimum absolute atomic E-state index is 0.0277. The summed E-state index contributed by atoms with van der Waals surface area (Å²) in [6.45, 7) is 7.19. The second kappa shape index (κ2) is 7.98. The normalized spacial score (nSPS) is 14.5. The topological polar surface area (TPSA) is 68.2 Å². The molecule has 0 fully saturated rings. The van der Waals surface area contributed by atoms with Crippen LogP contribution >= 0.6 is 23.6 Å². The van der Waals surface area contributed by atoms with Gasteiger partial charge in [0.05, 0.1) is 25.3 Å². The molecule has 3 rings (SSSR count). The van der Waals surface area contributed by atoms with Crippen LogP contribution in [0.25, 0.3) is 0 Å². The molecule has 0 spiro atoms. The number of anilines is 1. The van der Waals surface area contributed by atoms with Crippen LogP contribution in [0, 0.1) is 5.41 Å². The summed E-state index contributed by atoms with van der Waals surface area (Å²) >= 11 is 7.17. The Kier molecular flexibility index (Phi) is 5.86. The van der Waals surface area contributed by atoms with Crippen molar-refractivity contribution < 1.29 is 9.53 Å². The first kappa shape index (κ1) is 19.8. The van der Waals surface area contributed by atoms with Crippen molar-refractivity contribution in [1.82, 2.24) is 15.1 Å². The number of ether oxygens (including phenoxy) is 1. The Bertz CT molecular complexity index is 822. The average Bonchev–Trinajstić information content (AvgIpc) is 3.30. The van der Waals surface area contributed by atoms with Gasteiger partial charge in [0.25, 0.3) is 0 Å². The van der Waals surface area contributed by atoms with E-state index in [9.17, 15) is 4.79 Å². The molecule has 0 aromatic carbocycles. The van der Waals surface area contributed by atoms with E-state index in [-0.39, 0.29) is 17.4 Å². The number of nitrogens with zero attached hydrogens (tertiary/aromatic N) is 2. The summed E-state index contributed by atoms with van der Waals surface area (Å²) < 4.78 is 6.89. The van der Waals surface area contributed by atoms with Gasteiger partial charge in [-0.1, -0.05) is 20.8 Å². The highest BCUT2D eigenvalue weighted by atomic mass is 32.1. The zero-order valence-electron chi connectivity index (χ0n) is 16.2. The summed E-state index contributed by atoms with van der Waals surface area (Å²) in [5.41, 5.74) is 1.72. The number of esters is 1. The molecule has 0 saturated carbocycles. The minimum atomic E-state index is -0.302. The number of aryl methyl sites for hydroxylation is 1. The smallest absolute Gasteiger partial charge is 0.341 e. The summed E-state index contributed by atoms with van der Waals surface area (Å²) in [6.07, 6.45) is 6.73. The molecule has 2 aromatic rings. The van der Waals surface area contributed by atoms with Gasteiger partial charge in [-0.3, -0.25) is 4.68 Å². The molecule has 2 N–H and O–H groups in total. The Labute approximate surface area is 169 Å². The molecular weight excluding hydrogens is 380 g/mol. The maximum absolute atomic E-state index is 12.3. The van der Waals surface area contributed by atoms with E-state index in [0.29, 0.717) is 17.2 Å². The third-order valence-electron chi connectivity index (χ3n) is 4.82. The van der Waals surface area contributed by atoms with E-state index in [1.807, 2.05) is 16.9 Å². The third kappa shape index (κ3) is 4.50. The molecule has 0 aliphatic heterocycles. The molecular formula is C19H26N4O2S2. The van der Waals surface area contributed by atoms with Gasteiger partial charge in [-0.2, -0.15) is 5.10 Å². The predicted molar refractivity (Wildman–Crippen MR) is 113 cm³/mol. The third-order valence-corrected chi connectivity index (χ3v) is 6.24. The van der Waals surface area contributed by atoms with E-state index in [1.54, 1.807) is 17.5 Å². The van der Waals surface area contributed by atoms with Gasteiger partial charge < -0.3 is 15.4 Å². The van der Waals surface area contributed by atoms with Crippen LogP contribution in [-0.2, 0) is 24.1 Å². The molecule has 1 aliphatic rings. The van der Waals surface area contributed by atoms with Crippen LogP contribution in [0.1, 0.15) is 48.0 Å². The molecule has 0 bridgehead atoms. The highest BCUT2D eigenvalue weighted by molar-refractivity contribution is 7.80. The first-order valence-electron chi connectivity index (χ1n) is 9.07. The lowest BCUT2D eigenvalue weighted by Gasteiger charge is -2.32. The van der Waals surface area contributed by atoms with E-state index in [4.69, 9.17) is 17.0 Å². The van der Waals surface area contributed by atoms with Crippen molar-refractivity contribution in [2.75, 3.05) is 12.4 Å². The Morgan fingerprint density at radius 1 is 1.44 bits per heavy atom. The zero-order valence-corrected chi connectivity index (χ0v) is 17.8. The lowest BCUT2D eigenvalue weighted by Crippen LogP contribution is -2.48. The highest BCUT2D eigenvalue weighted by Crippen LogP contribution is 2.39. The first-order chi connectivity index (χ1) is 12.8. The number of thiocarbonyl (C=S) groups is 1. The van der Waals surface area contributed by atoms with Gasteiger partial charge in [-0.15, -0.1) is 11.3 Å². The van der Waals surface area contributed by atoms with Crippen LogP contribution in [0.4, 0.5) is 5.00 Å². The van der Waals surface area contributed by atoms with Crippen molar-refractivity contribution in [3.05, 3.63) is 34.5 Å². The van der Waals surface area contributed by atoms with Gasteiger partial charge in [-0.25, -0.2) is 4.79 Å². The predicted octanol–water partition coefficient (Wildman–Crippen LogP) is 3.62. The molecule has 0 saturated heterocycles. The van der Waals surface area contributed by atoms with Gasteiger partial charge in [0.1, 0.15) is 5.00 Å². The van der Waals surface area contributed by atoms with Crippen molar-refractivity contribution in [2.45, 2.75) is 52.6 Å². The minimum Gasteiger partial charge on any atom is -0.465 e. The molecule has 0 amide bonds. The molecule has 1 aliphatic carbocycles. The molecule has 1 atom stereocenters. The van der Waals surface area contributed by atoms with Gasteiger partial charge >= 0.3 is 5.97 Å². The van der Waals surface area contributed by atoms with Gasteiger partial charge in [0.2, 0.25) is 0 Å². The Morgan fingerprint density at radius 2 is 2.22 bits per heavy atom. The SMILES string of the molecule is COC(=O)c1c(NC(=S)NC(Cn2cccn2)C(C)(C)C)sc2c1CCC2. The maximum atomic E-state index is 12.3. The summed E-state index contributed by atoms with van der Waals surface area (Å²) in [7, 11) is 1.42. The molecule has 8 heteroatoms. The van der Waals surface area contributed by atoms with Gasteiger partial charge in [-0.05, 0) is 48.5 Å². The second-order valence-electron chi connectivity index (χ2n) is 7.80. The first-order valence-corrected chi connectivity index (χ1v) is 10.3. The number of hydrogen-bond donors (Lipinski definition) is 2. The molecule has 2 aromatic heterocycles. The van der Waals surface area contributed by atoms with Gasteiger partial charge in [0, 0.05) is 17.3 Å². The maximum Gasteiger partial charge on any atom is 0.341 e. The fourth-order valence-corrected chi connectivity index (χ4v) is 4.83. The van der Waals surface area contributed by atoms with Crippen LogP contribution in [0.3, 0.4) is 0 Å². The van der Waals surface area contributed by atoms with E-state index >= 15 is 0 Å². The number of rotatable bonds is 5. The van der Waals surface area contributed by atoms with Crippen LogP contribution < -0.4 is 10.6 Å². The van der Waals surface area contributed by atoms with E-state index in [0.717, 1.165) is 29.8 Å². The number of carbonyl (C=O) groups excluding carboxylic acids is 1. The van der Waals surface area contributed by atoms with Crippen molar-refractivity contribution in [1.29, 1.82) is 0 Å². The van der Waals surface area contributed by atoms with E-state index in [2.05, 4.69) is 36.5 Å². The van der Waals surface area contributed by atoms with Crippen molar-refractivity contribution in [3.8, 4) is 0 Å². The summed E-state index contributed by atoms with van der Waals surface area (Å²) in [5.74, 6) is -0.302. The fraction of sp³-hybridized carbons (Fsp3) is 0.526. The monoisotopic (exact) mass is 406 g/mol. The van der Waals surface area contributed by atoms with Crippen LogP contribution in [0.5, 0.6) is 0 Å². The second-order valence-corrected chi connectivity index (χ2v) is 9.31. The van der Waals surface area contributed by atoms with Crippen LogP contribution in [0.2, 0.25) is 0 Å². The van der Waals surface area contributed by atoms with Gasteiger partial charge in [0.15, 0.2) is 5.11 Å². The number of aromatic nitrogens is 2. The number of fused-ring (bicyclic) bond motifs is 1. The Hall–Kier alpha value is -1.93. The lowest BCUT2D eigenvalue weighted by atomic mass is 9.87. The Balaban J connectivity index is 1.75. The highest BCUT2D eigenvalue weighted by Gasteiger charge is 2.29. The van der Waals surface area contributed by atoms with Crippen LogP contribution in [-0.4, -0.2) is 34.0 Å². The zero-order chi connectivity index (χ0) is 19.6. The molecule has 2 heterocycles. The van der Waals surface area contributed by atoms with E-state index in [1.165, 1.54) is 12.0 Å². The largest absolute Gasteiger partial charge is 0.465 e. The molecule has 0 radical (unpaired) electrons. The summed E-state index contributed by atoms with van der Waals surface area (Å²) in [4.78, 5) is 13.6. The Morgan fingerprint density at radius 3 is 2.85 bits per heavy atom. The van der Waals surface area contributed by atoms with Crippen molar-refractivity contribution >= 4 is 39.6 Å².